The minimum Gasteiger partial charge on any atom is -0.478 e. The number of hydrogen-bond acceptors (Lipinski definition) is 21. The van der Waals surface area contributed by atoms with Gasteiger partial charge in [0.05, 0.1) is 58.5 Å². The molecule has 6 aromatic heterocycles. The normalized spacial score (nSPS) is 12.8. The molecule has 0 spiro atoms. The fourth-order valence-corrected chi connectivity index (χ4v) is 8.84. The number of halogens is 5. The Hall–Kier alpha value is -11.1. The number of nitrogens with zero attached hydrogens (tertiary/aromatic N) is 10. The fourth-order valence-electron chi connectivity index (χ4n) is 8.66. The van der Waals surface area contributed by atoms with Gasteiger partial charge in [-0.3, -0.25) is 19.4 Å². The lowest BCUT2D eigenvalue weighted by molar-refractivity contribution is 0.0281. The van der Waals surface area contributed by atoms with E-state index in [0.29, 0.717) is 53.4 Å². The number of carboxylic acid groups (broad SMARTS) is 1. The Bertz CT molecular complexity index is 4210. The lowest BCUT2D eigenvalue weighted by Crippen LogP contribution is -2.38. The second-order valence-electron chi connectivity index (χ2n) is 24.8. The molecule has 99 heavy (non-hydrogen) atoms. The molecule has 10 rings (SSSR count). The number of pyridine rings is 2. The number of benzene rings is 2. The van der Waals surface area contributed by atoms with Gasteiger partial charge in [-0.2, -0.15) is 10.2 Å². The van der Waals surface area contributed by atoms with Crippen molar-refractivity contribution in [3.63, 3.8) is 0 Å². The van der Waals surface area contributed by atoms with Gasteiger partial charge in [0.1, 0.15) is 35.4 Å². The van der Waals surface area contributed by atoms with Crippen LogP contribution in [0.1, 0.15) is 161 Å². The van der Waals surface area contributed by atoms with Crippen LogP contribution in [0.15, 0.2) is 119 Å². The molecule has 0 radical (unpaired) electrons. The van der Waals surface area contributed by atoms with Crippen molar-refractivity contribution in [3.05, 3.63) is 144 Å². The number of aromatic carboxylic acids is 1. The lowest BCUT2D eigenvalue weighted by Gasteiger charge is -2.27. The van der Waals surface area contributed by atoms with Gasteiger partial charge in [-0.1, -0.05) is 0 Å². The first kappa shape index (κ1) is 73.8. The fraction of sp³-hybridized carbons (Fsp3) is 0.364. The Morgan fingerprint density at radius 1 is 0.606 bits per heavy atom. The number of aromatic nitrogens is 8. The van der Waals surface area contributed by atoms with Crippen LogP contribution in [0, 0.1) is 11.8 Å². The summed E-state index contributed by atoms with van der Waals surface area (Å²) < 4.78 is 93.5. The van der Waals surface area contributed by atoms with E-state index >= 15 is 0 Å². The molecule has 33 heteroatoms. The molecule has 0 saturated heterocycles. The Kier molecular flexibility index (Phi) is 23.7. The van der Waals surface area contributed by atoms with Gasteiger partial charge >= 0.3 is 35.7 Å². The molecule has 0 unspecified atom stereocenters. The first-order valence-electron chi connectivity index (χ1n) is 30.6. The average Bonchev–Trinajstić information content (AvgIpc) is 1.79. The number of alkyl halides is 4. The molecule has 0 bridgehead atoms. The molecule has 2 aliphatic rings. The quantitative estimate of drug-likeness (QED) is 0.0210. The minimum absolute atomic E-state index is 0.00263. The first-order valence-corrected chi connectivity index (χ1v) is 31.0. The number of ether oxygens (including phenoxy) is 5. The molecule has 0 atom stereocenters. The number of oxazole rings is 2. The van der Waals surface area contributed by atoms with Crippen LogP contribution in [-0.4, -0.2) is 129 Å². The molecule has 0 aliphatic heterocycles. The molecule has 2 saturated carbocycles. The monoisotopic (exact) mass is 1400 g/mol. The molecule has 8 aromatic rings. The Balaban J connectivity index is 0.000000231. The van der Waals surface area contributed by atoms with Crippen LogP contribution in [-0.2, 0) is 23.7 Å². The minimum atomic E-state index is -3.05. The van der Waals surface area contributed by atoms with Gasteiger partial charge in [0.2, 0.25) is 11.8 Å². The smallest absolute Gasteiger partial charge is 0.478 e. The zero-order valence-corrected chi connectivity index (χ0v) is 55.8. The van der Waals surface area contributed by atoms with Crippen LogP contribution in [0.4, 0.5) is 59.8 Å². The van der Waals surface area contributed by atoms with Crippen molar-refractivity contribution in [2.45, 2.75) is 131 Å². The topological polar surface area (TPSA) is 347 Å². The maximum atomic E-state index is 13.9. The van der Waals surface area contributed by atoms with E-state index in [9.17, 15) is 55.9 Å². The Morgan fingerprint density at radius 3 is 1.33 bits per heavy atom. The number of esters is 1. The van der Waals surface area contributed by atoms with Crippen molar-refractivity contribution in [3.8, 4) is 34.3 Å². The van der Waals surface area contributed by atoms with Crippen molar-refractivity contribution in [1.29, 1.82) is 0 Å². The molecule has 28 nitrogen and oxygen atoms in total. The summed E-state index contributed by atoms with van der Waals surface area (Å²) in [5, 5.41) is 21.6. The maximum absolute atomic E-state index is 13.9. The molecular formula is C66H69ClF4N12O16. The highest BCUT2D eigenvalue weighted by Gasteiger charge is 2.34. The summed E-state index contributed by atoms with van der Waals surface area (Å²) in [6, 6.07) is 17.2. The molecule has 524 valence electrons. The van der Waals surface area contributed by atoms with Gasteiger partial charge in [-0.05, 0) is 180 Å². The zero-order chi connectivity index (χ0) is 72.2. The molecule has 3 N–H and O–H groups in total. The summed E-state index contributed by atoms with van der Waals surface area (Å²) in [7, 11) is 0. The zero-order valence-electron chi connectivity index (χ0n) is 55.0. The van der Waals surface area contributed by atoms with Gasteiger partial charge in [0, 0.05) is 48.2 Å². The molecule has 2 fully saturated rings. The number of carboxylic acids is 1. The van der Waals surface area contributed by atoms with E-state index in [1.807, 2.05) is 0 Å². The largest absolute Gasteiger partial charge is 0.516 e. The van der Waals surface area contributed by atoms with Crippen LogP contribution in [0.3, 0.4) is 0 Å². The molecule has 2 aliphatic carbocycles. The molecule has 4 amide bonds. The van der Waals surface area contributed by atoms with Crippen molar-refractivity contribution >= 4 is 82.1 Å². The molecule has 6 heterocycles. The summed E-state index contributed by atoms with van der Waals surface area (Å²) in [6.07, 6.45) is 2.55. The highest BCUT2D eigenvalue weighted by molar-refractivity contribution is 6.61. The van der Waals surface area contributed by atoms with E-state index in [4.69, 9.17) is 39.8 Å². The third-order valence-corrected chi connectivity index (χ3v) is 13.6. The van der Waals surface area contributed by atoms with Crippen LogP contribution >= 0.6 is 11.6 Å². The summed E-state index contributed by atoms with van der Waals surface area (Å²) in [5.74, 6) is -2.36. The number of carbonyl (C=O) groups is 8. The van der Waals surface area contributed by atoms with Gasteiger partial charge in [-0.25, -0.2) is 75.6 Å². The average molecular weight is 1400 g/mol. The Labute approximate surface area is 567 Å². The molecular weight excluding hydrogens is 1330 g/mol. The van der Waals surface area contributed by atoms with Crippen molar-refractivity contribution in [1.82, 2.24) is 39.5 Å². The van der Waals surface area contributed by atoms with Gasteiger partial charge in [0.15, 0.2) is 22.8 Å². The standard InChI is InChI=1S/C33H34F2N6O8.C29H28F2N6O6.C4H7ClO2/c1-18(2)47-32(45)48-30(43)20-8-10-22(11-9-20)41-16-23(26(39-41)27(34)35)37-28(42)24-17-46-29(38-24)21-12-13-36-25(14-21)40(15-19-6-7-19)31(44)49-33(3,4)5;1-29(2,3)43-28(41)36(13-16-4-5-16)22-12-18(10-11-32-22)26-34-21(15-42-26)25(38)33-20-14-37(35-23(20)24(30)31)19-8-6-17(7-9-19)27(39)40;1-3(2)7-4(5)6/h8-14,16-19,27H,6-7,15H2,1-5H3,(H,37,42);6-12,14-16,24H,4-5,13H2,1-3H3,(H,33,38)(H,39,40);3H,1-2H3. The SMILES string of the molecule is CC(C)(C)OC(=O)N(CC1CC1)c1cc(-c2nc(C(=O)Nc3cn(-c4ccc(C(=O)O)cc4)nc3C(F)F)co2)ccn1.CC(C)OC(=O)Cl.CC(C)OC(=O)OC(=O)c1ccc(-n2cc(NC(=O)c3coc(-c4ccnc(N(CC5CC5)C(=O)OC(C)(C)C)c4)n3)c(C(F)F)n2)cc1. The van der Waals surface area contributed by atoms with Gasteiger partial charge < -0.3 is 48.3 Å². The highest BCUT2D eigenvalue weighted by atomic mass is 35.5. The van der Waals surface area contributed by atoms with Crippen LogP contribution in [0.2, 0.25) is 0 Å². The van der Waals surface area contributed by atoms with E-state index in [0.717, 1.165) is 47.6 Å². The summed E-state index contributed by atoms with van der Waals surface area (Å²) in [5.41, 5.74) is -3.05. The number of carbonyl (C=O) groups excluding carboxylic acids is 7. The predicted octanol–water partition coefficient (Wildman–Crippen LogP) is 14.7. The van der Waals surface area contributed by atoms with E-state index in [2.05, 4.69) is 50.2 Å². The van der Waals surface area contributed by atoms with Crippen LogP contribution in [0.25, 0.3) is 34.3 Å². The first-order chi connectivity index (χ1) is 46.7. The highest BCUT2D eigenvalue weighted by Crippen LogP contribution is 2.36. The van der Waals surface area contributed by atoms with Crippen molar-refractivity contribution < 1.29 is 93.5 Å². The number of anilines is 4. The summed E-state index contributed by atoms with van der Waals surface area (Å²) >= 11 is 4.81. The van der Waals surface area contributed by atoms with E-state index in [1.165, 1.54) is 83.1 Å². The maximum Gasteiger partial charge on any atom is 0.516 e. The Morgan fingerprint density at radius 2 is 1.00 bits per heavy atom. The second kappa shape index (κ2) is 31.9. The third-order valence-electron chi connectivity index (χ3n) is 13.5. The van der Waals surface area contributed by atoms with Gasteiger partial charge in [-0.15, -0.1) is 0 Å². The third kappa shape index (κ3) is 21.5. The number of hydrogen-bond donors (Lipinski definition) is 3. The summed E-state index contributed by atoms with van der Waals surface area (Å²) in [4.78, 5) is 117. The van der Waals surface area contributed by atoms with Crippen molar-refractivity contribution in [2.24, 2.45) is 11.8 Å². The summed E-state index contributed by atoms with van der Waals surface area (Å²) in [6.45, 7) is 18.2. The van der Waals surface area contributed by atoms with Gasteiger partial charge in [0.25, 0.3) is 24.7 Å². The number of nitrogens with one attached hydrogen (secondary N) is 2. The van der Waals surface area contributed by atoms with Crippen LogP contribution < -0.4 is 20.4 Å². The van der Waals surface area contributed by atoms with E-state index in [-0.39, 0.29) is 57.5 Å². The number of amides is 4. The second-order valence-corrected chi connectivity index (χ2v) is 25.1. The molecule has 2 aromatic carbocycles. The van der Waals surface area contributed by atoms with E-state index < -0.39 is 89.1 Å². The van der Waals surface area contributed by atoms with Crippen molar-refractivity contribution in [2.75, 3.05) is 33.5 Å². The number of rotatable bonds is 20. The van der Waals surface area contributed by atoms with Crippen LogP contribution in [0.5, 0.6) is 0 Å². The predicted molar refractivity (Wildman–Crippen MR) is 346 cm³/mol. The lowest BCUT2D eigenvalue weighted by atomic mass is 10.2. The van der Waals surface area contributed by atoms with E-state index in [1.54, 1.807) is 93.5 Å².